The minimum atomic E-state index is -1.54. The summed E-state index contributed by atoms with van der Waals surface area (Å²) in [4.78, 5) is 22.1. The number of carbonyl (C=O) groups is 2. The van der Waals surface area contributed by atoms with Gasteiger partial charge in [0.2, 0.25) is 0 Å². The van der Waals surface area contributed by atoms with Gasteiger partial charge in [0, 0.05) is 0 Å². The van der Waals surface area contributed by atoms with Gasteiger partial charge in [-0.3, -0.25) is 0 Å². The second kappa shape index (κ2) is 13.0. The van der Waals surface area contributed by atoms with E-state index >= 15 is 0 Å². The van der Waals surface area contributed by atoms with Gasteiger partial charge in [0.1, 0.15) is 0 Å². The SMILES string of the molecule is CC(C)/C(C(=O)[O-])=C(\Cc1ccc([O-])cc1)C(=O)[O-].[Na+].[Na+].[Na+]. The fraction of sp³-hybridized carbons (Fsp3) is 0.286. The fourth-order valence-corrected chi connectivity index (χ4v) is 1.80. The van der Waals surface area contributed by atoms with Crippen LogP contribution < -0.4 is 104 Å². The number of rotatable bonds is 5. The van der Waals surface area contributed by atoms with Gasteiger partial charge in [0.25, 0.3) is 0 Å². The van der Waals surface area contributed by atoms with Gasteiger partial charge in [-0.25, -0.2) is 0 Å². The van der Waals surface area contributed by atoms with Gasteiger partial charge in [0.05, 0.1) is 11.9 Å². The van der Waals surface area contributed by atoms with Crippen LogP contribution in [0.15, 0.2) is 35.4 Å². The maximum absolute atomic E-state index is 11.1. The predicted molar refractivity (Wildman–Crippen MR) is 61.5 cm³/mol. The van der Waals surface area contributed by atoms with Crippen molar-refractivity contribution in [2.75, 3.05) is 0 Å². The normalized spacial score (nSPS) is 10.5. The van der Waals surface area contributed by atoms with Crippen molar-refractivity contribution in [1.29, 1.82) is 0 Å². The third kappa shape index (κ3) is 8.52. The zero-order valence-corrected chi connectivity index (χ0v) is 19.6. The molecule has 8 heteroatoms. The molecule has 22 heavy (non-hydrogen) atoms. The third-order valence-electron chi connectivity index (χ3n) is 2.67. The Hall–Kier alpha value is 0.700. The van der Waals surface area contributed by atoms with Crippen LogP contribution in [0.3, 0.4) is 0 Å². The Labute approximate surface area is 196 Å². The molecule has 0 atom stereocenters. The van der Waals surface area contributed by atoms with Gasteiger partial charge in [-0.05, 0) is 29.0 Å². The van der Waals surface area contributed by atoms with Crippen molar-refractivity contribution in [2.45, 2.75) is 20.3 Å². The third-order valence-corrected chi connectivity index (χ3v) is 2.67. The topological polar surface area (TPSA) is 103 Å². The maximum Gasteiger partial charge on any atom is 1.00 e. The molecule has 0 fully saturated rings. The van der Waals surface area contributed by atoms with E-state index in [2.05, 4.69) is 0 Å². The van der Waals surface area contributed by atoms with Crippen LogP contribution in [0.2, 0.25) is 0 Å². The van der Waals surface area contributed by atoms with Gasteiger partial charge in [-0.2, -0.15) is 0 Å². The number of aliphatic carboxylic acids is 2. The van der Waals surface area contributed by atoms with E-state index in [4.69, 9.17) is 0 Å². The molecule has 0 amide bonds. The fourth-order valence-electron chi connectivity index (χ4n) is 1.80. The molecule has 0 spiro atoms. The molecule has 0 N–H and O–H groups in total. The molecule has 0 aliphatic carbocycles. The molecule has 0 aliphatic heterocycles. The zero-order valence-electron chi connectivity index (χ0n) is 13.6. The molecule has 1 rings (SSSR count). The summed E-state index contributed by atoms with van der Waals surface area (Å²) in [5, 5.41) is 33.1. The van der Waals surface area contributed by atoms with Crippen molar-refractivity contribution in [1.82, 2.24) is 0 Å². The average molecular weight is 330 g/mol. The molecule has 0 aliphatic rings. The zero-order chi connectivity index (χ0) is 14.6. The first-order valence-electron chi connectivity index (χ1n) is 5.74. The van der Waals surface area contributed by atoms with E-state index in [9.17, 15) is 24.9 Å². The summed E-state index contributed by atoms with van der Waals surface area (Å²) >= 11 is 0. The van der Waals surface area contributed by atoms with Crippen molar-refractivity contribution in [2.24, 2.45) is 5.92 Å². The molecule has 5 nitrogen and oxygen atoms in total. The number of hydrogen-bond acceptors (Lipinski definition) is 5. The van der Waals surface area contributed by atoms with Crippen molar-refractivity contribution < 1.29 is 114 Å². The number of carboxylic acid groups (broad SMARTS) is 2. The van der Waals surface area contributed by atoms with Crippen LogP contribution in [0.5, 0.6) is 5.75 Å². The number of benzene rings is 1. The molecule has 102 valence electrons. The van der Waals surface area contributed by atoms with Crippen LogP contribution in [0.25, 0.3) is 0 Å². The Morgan fingerprint density at radius 3 is 1.73 bits per heavy atom. The molecule has 0 radical (unpaired) electrons. The van der Waals surface area contributed by atoms with Gasteiger partial charge in [-0.15, -0.1) is 5.75 Å². The second-order valence-electron chi connectivity index (χ2n) is 4.44. The van der Waals surface area contributed by atoms with Crippen LogP contribution in [0, 0.1) is 5.92 Å². The summed E-state index contributed by atoms with van der Waals surface area (Å²) in [5.74, 6) is -3.77. The Morgan fingerprint density at radius 2 is 1.41 bits per heavy atom. The predicted octanol–water partition coefficient (Wildman–Crippen LogP) is -10.2. The summed E-state index contributed by atoms with van der Waals surface area (Å²) in [5.41, 5.74) is -0.0851. The first kappa shape index (κ1) is 27.5. The number of hydrogen-bond donors (Lipinski definition) is 0. The van der Waals surface area contributed by atoms with Crippen molar-refractivity contribution in [3.63, 3.8) is 0 Å². The van der Waals surface area contributed by atoms with E-state index < -0.39 is 17.9 Å². The smallest absolute Gasteiger partial charge is 0.872 e. The average Bonchev–Trinajstić information content (AvgIpc) is 2.29. The largest absolute Gasteiger partial charge is 1.00 e. The van der Waals surface area contributed by atoms with E-state index in [1.165, 1.54) is 24.3 Å². The van der Waals surface area contributed by atoms with Gasteiger partial charge in [0.15, 0.2) is 0 Å². The summed E-state index contributed by atoms with van der Waals surface area (Å²) in [6.45, 7) is 3.13. The van der Waals surface area contributed by atoms with E-state index in [1.807, 2.05) is 0 Å². The van der Waals surface area contributed by atoms with Crippen LogP contribution in [-0.4, -0.2) is 11.9 Å². The maximum atomic E-state index is 11.1. The quantitative estimate of drug-likeness (QED) is 0.394. The molecular formula is C14H13Na3O5. The minimum Gasteiger partial charge on any atom is -0.872 e. The monoisotopic (exact) mass is 330 g/mol. The molecule has 0 aromatic heterocycles. The van der Waals surface area contributed by atoms with Crippen molar-refractivity contribution >= 4 is 11.9 Å². The molecule has 1 aromatic rings. The number of carbonyl (C=O) groups excluding carboxylic acids is 2. The Morgan fingerprint density at radius 1 is 0.955 bits per heavy atom. The van der Waals surface area contributed by atoms with Crippen molar-refractivity contribution in [3.8, 4) is 5.75 Å². The summed E-state index contributed by atoms with van der Waals surface area (Å²) in [7, 11) is 0. The Kier molecular flexibility index (Phi) is 16.3. The van der Waals surface area contributed by atoms with Crippen LogP contribution in [0.1, 0.15) is 19.4 Å². The Balaban J connectivity index is -0.00000120. The van der Waals surface area contributed by atoms with Crippen LogP contribution >= 0.6 is 0 Å². The second-order valence-corrected chi connectivity index (χ2v) is 4.44. The summed E-state index contributed by atoms with van der Waals surface area (Å²) < 4.78 is 0. The summed E-state index contributed by atoms with van der Waals surface area (Å²) in [6, 6.07) is 5.49. The molecule has 1 aromatic carbocycles. The van der Waals surface area contributed by atoms with Gasteiger partial charge in [-0.1, -0.05) is 38.1 Å². The molecular weight excluding hydrogens is 317 g/mol. The first-order chi connectivity index (χ1) is 8.82. The Bertz CT molecular complexity index is 524. The minimum absolute atomic E-state index is 0. The number of carboxylic acids is 2. The standard InChI is InChI=1S/C14H16O5.3Na/c1-8(2)12(14(18)19)11(13(16)17)7-9-3-5-10(15)6-4-9;;;/h3-6,8,15H,7H2,1-2H3,(H,16,17)(H,18,19);;;/q;3*+1/p-3/b12-11-;;;. The molecule has 0 bridgehead atoms. The molecule has 0 saturated heterocycles. The van der Waals surface area contributed by atoms with Gasteiger partial charge < -0.3 is 24.9 Å². The van der Waals surface area contributed by atoms with Crippen molar-refractivity contribution in [3.05, 3.63) is 41.0 Å². The molecule has 0 unspecified atom stereocenters. The van der Waals surface area contributed by atoms with Crippen LogP contribution in [-0.2, 0) is 16.0 Å². The van der Waals surface area contributed by atoms with E-state index in [1.54, 1.807) is 13.8 Å². The van der Waals surface area contributed by atoms with E-state index in [-0.39, 0.29) is 112 Å². The molecule has 0 heterocycles. The van der Waals surface area contributed by atoms with E-state index in [0.29, 0.717) is 5.56 Å². The van der Waals surface area contributed by atoms with Crippen LogP contribution in [0.4, 0.5) is 0 Å². The van der Waals surface area contributed by atoms with Gasteiger partial charge >= 0.3 is 88.7 Å². The summed E-state index contributed by atoms with van der Waals surface area (Å²) in [6.07, 6.45) is -0.121. The van der Waals surface area contributed by atoms with E-state index in [0.717, 1.165) is 0 Å². The first-order valence-corrected chi connectivity index (χ1v) is 5.74. The molecule has 0 saturated carbocycles.